The van der Waals surface area contributed by atoms with Crippen molar-refractivity contribution in [2.75, 3.05) is 49.9 Å². The van der Waals surface area contributed by atoms with Crippen molar-refractivity contribution >= 4 is 35.0 Å². The van der Waals surface area contributed by atoms with Crippen molar-refractivity contribution in [3.05, 3.63) is 64.7 Å². The van der Waals surface area contributed by atoms with Gasteiger partial charge in [0.15, 0.2) is 0 Å². The topological polar surface area (TPSA) is 35.6 Å². The smallest absolute Gasteiger partial charge is 0.230 e. The Bertz CT molecular complexity index is 776. The Morgan fingerprint density at radius 2 is 1.86 bits per heavy atom. The van der Waals surface area contributed by atoms with Gasteiger partial charge in [-0.3, -0.25) is 9.69 Å². The lowest BCUT2D eigenvalue weighted by Crippen LogP contribution is -2.47. The Morgan fingerprint density at radius 1 is 1.10 bits per heavy atom. The Hall–Kier alpha value is -1.69. The van der Waals surface area contributed by atoms with E-state index in [-0.39, 0.29) is 5.91 Å². The Morgan fingerprint density at radius 3 is 2.59 bits per heavy atom. The third-order valence-corrected chi connectivity index (χ3v) is 6.38. The summed E-state index contributed by atoms with van der Waals surface area (Å²) in [6, 6.07) is 16.5. The number of aryl methyl sites for hydroxylation is 1. The molecular weight excluding hydrogens is 402 g/mol. The number of hydrogen-bond donors (Lipinski definition) is 1. The summed E-state index contributed by atoms with van der Waals surface area (Å²) < 4.78 is 0. The zero-order valence-electron chi connectivity index (χ0n) is 17.1. The van der Waals surface area contributed by atoms with Crippen molar-refractivity contribution in [1.82, 2.24) is 10.2 Å². The Balaban J connectivity index is 1.24. The molecule has 0 aromatic heterocycles. The number of amides is 1. The van der Waals surface area contributed by atoms with Gasteiger partial charge >= 0.3 is 0 Å². The number of piperazine rings is 1. The molecule has 1 heterocycles. The third-order valence-electron chi connectivity index (χ3n) is 5.13. The van der Waals surface area contributed by atoms with E-state index in [1.165, 1.54) is 16.8 Å². The minimum atomic E-state index is 0.119. The molecule has 1 aliphatic heterocycles. The molecule has 0 unspecified atom stereocenters. The molecule has 6 heteroatoms. The lowest BCUT2D eigenvalue weighted by Gasteiger charge is -2.36. The average molecular weight is 432 g/mol. The first-order valence-electron chi connectivity index (χ1n) is 10.2. The van der Waals surface area contributed by atoms with Crippen LogP contribution in [0.3, 0.4) is 0 Å². The maximum absolute atomic E-state index is 12.0. The molecule has 4 nitrogen and oxygen atoms in total. The number of hydrogen-bond acceptors (Lipinski definition) is 4. The molecule has 0 spiro atoms. The molecule has 0 atom stereocenters. The highest BCUT2D eigenvalue weighted by Gasteiger charge is 2.16. The Kier molecular flexibility index (Phi) is 8.71. The van der Waals surface area contributed by atoms with E-state index in [4.69, 9.17) is 11.6 Å². The SMILES string of the molecule is Cc1cccc(N2CCN(CCCNC(=O)CSCc3ccc(Cl)cc3)CC2)c1. The second-order valence-electron chi connectivity index (χ2n) is 7.49. The zero-order chi connectivity index (χ0) is 20.5. The largest absolute Gasteiger partial charge is 0.369 e. The van der Waals surface area contributed by atoms with Crippen LogP contribution in [0.25, 0.3) is 0 Å². The van der Waals surface area contributed by atoms with Gasteiger partial charge in [-0.2, -0.15) is 0 Å². The average Bonchev–Trinajstić information content (AvgIpc) is 2.73. The van der Waals surface area contributed by atoms with Gasteiger partial charge in [-0.15, -0.1) is 11.8 Å². The van der Waals surface area contributed by atoms with Crippen molar-refractivity contribution in [3.8, 4) is 0 Å². The number of halogens is 1. The number of anilines is 1. The second-order valence-corrected chi connectivity index (χ2v) is 8.91. The first kappa shape index (κ1) is 22.0. The molecular formula is C23H30ClN3OS. The maximum Gasteiger partial charge on any atom is 0.230 e. The van der Waals surface area contributed by atoms with Crippen LogP contribution in [-0.4, -0.2) is 55.8 Å². The highest BCUT2D eigenvalue weighted by atomic mass is 35.5. The first-order chi connectivity index (χ1) is 14.1. The number of rotatable bonds is 9. The van der Waals surface area contributed by atoms with E-state index >= 15 is 0 Å². The van der Waals surface area contributed by atoms with Crippen LogP contribution in [0.4, 0.5) is 5.69 Å². The molecule has 3 rings (SSSR count). The zero-order valence-corrected chi connectivity index (χ0v) is 18.6. The van der Waals surface area contributed by atoms with Gasteiger partial charge in [0.25, 0.3) is 0 Å². The van der Waals surface area contributed by atoms with Crippen LogP contribution in [0.2, 0.25) is 5.02 Å². The molecule has 1 aliphatic rings. The summed E-state index contributed by atoms with van der Waals surface area (Å²) in [5, 5.41) is 3.78. The predicted octanol–water partition coefficient (Wildman–Crippen LogP) is 4.21. The summed E-state index contributed by atoms with van der Waals surface area (Å²) >= 11 is 7.52. The number of nitrogens with one attached hydrogen (secondary N) is 1. The van der Waals surface area contributed by atoms with Crippen LogP contribution in [0.1, 0.15) is 17.5 Å². The molecule has 2 aromatic carbocycles. The van der Waals surface area contributed by atoms with Gasteiger partial charge in [-0.05, 0) is 55.3 Å². The molecule has 1 N–H and O–H groups in total. The molecule has 1 fully saturated rings. The monoisotopic (exact) mass is 431 g/mol. The van der Waals surface area contributed by atoms with Crippen molar-refractivity contribution in [2.45, 2.75) is 19.1 Å². The summed E-state index contributed by atoms with van der Waals surface area (Å²) in [5.74, 6) is 1.45. The lowest BCUT2D eigenvalue weighted by molar-refractivity contribution is -0.118. The van der Waals surface area contributed by atoms with E-state index in [0.29, 0.717) is 5.75 Å². The van der Waals surface area contributed by atoms with E-state index < -0.39 is 0 Å². The van der Waals surface area contributed by atoms with Gasteiger partial charge in [-0.25, -0.2) is 0 Å². The van der Waals surface area contributed by atoms with Crippen molar-refractivity contribution in [1.29, 1.82) is 0 Å². The van der Waals surface area contributed by atoms with Crippen LogP contribution < -0.4 is 10.2 Å². The van der Waals surface area contributed by atoms with Crippen molar-refractivity contribution in [2.24, 2.45) is 0 Å². The molecule has 0 aliphatic carbocycles. The predicted molar refractivity (Wildman–Crippen MR) is 125 cm³/mol. The standard InChI is InChI=1S/C23H30ClN3OS/c1-19-4-2-5-22(16-19)27-14-12-26(13-15-27)11-3-10-25-23(28)18-29-17-20-6-8-21(24)9-7-20/h2,4-9,16H,3,10-15,17-18H2,1H3,(H,25,28). The van der Waals surface area contributed by atoms with Crippen LogP contribution in [0.5, 0.6) is 0 Å². The molecule has 156 valence electrons. The highest BCUT2D eigenvalue weighted by Crippen LogP contribution is 2.18. The van der Waals surface area contributed by atoms with Crippen molar-refractivity contribution in [3.63, 3.8) is 0 Å². The molecule has 29 heavy (non-hydrogen) atoms. The molecule has 1 amide bonds. The molecule has 0 radical (unpaired) electrons. The quantitative estimate of drug-likeness (QED) is 0.603. The normalized spacial score (nSPS) is 14.8. The second kappa shape index (κ2) is 11.5. The van der Waals surface area contributed by atoms with Gasteiger partial charge in [0.2, 0.25) is 5.91 Å². The van der Waals surface area contributed by atoms with E-state index in [1.807, 2.05) is 24.3 Å². The summed E-state index contributed by atoms with van der Waals surface area (Å²) in [6.45, 7) is 8.23. The van der Waals surface area contributed by atoms with E-state index in [2.05, 4.69) is 46.3 Å². The number of carbonyl (C=O) groups excluding carboxylic acids is 1. The number of benzene rings is 2. The number of nitrogens with zero attached hydrogens (tertiary/aromatic N) is 2. The number of thioether (sulfide) groups is 1. The summed E-state index contributed by atoms with van der Waals surface area (Å²) in [7, 11) is 0. The maximum atomic E-state index is 12.0. The fraction of sp³-hybridized carbons (Fsp3) is 0.435. The van der Waals surface area contributed by atoms with Crippen LogP contribution in [-0.2, 0) is 10.5 Å². The van der Waals surface area contributed by atoms with Gasteiger partial charge in [0.05, 0.1) is 5.75 Å². The minimum absolute atomic E-state index is 0.119. The Labute approximate surface area is 183 Å². The molecule has 0 bridgehead atoms. The van der Waals surface area contributed by atoms with Crippen LogP contribution >= 0.6 is 23.4 Å². The summed E-state index contributed by atoms with van der Waals surface area (Å²) in [4.78, 5) is 16.9. The third kappa shape index (κ3) is 7.57. The highest BCUT2D eigenvalue weighted by molar-refractivity contribution is 7.99. The van der Waals surface area contributed by atoms with E-state index in [9.17, 15) is 4.79 Å². The van der Waals surface area contributed by atoms with Crippen molar-refractivity contribution < 1.29 is 4.79 Å². The van der Waals surface area contributed by atoms with Gasteiger partial charge < -0.3 is 10.2 Å². The van der Waals surface area contributed by atoms with Crippen LogP contribution in [0.15, 0.2) is 48.5 Å². The molecule has 2 aromatic rings. The summed E-state index contributed by atoms with van der Waals surface area (Å²) in [6.07, 6.45) is 0.998. The fourth-order valence-corrected chi connectivity index (χ4v) is 4.42. The van der Waals surface area contributed by atoms with Gasteiger partial charge in [0.1, 0.15) is 0 Å². The van der Waals surface area contributed by atoms with E-state index in [1.54, 1.807) is 11.8 Å². The van der Waals surface area contributed by atoms with Gasteiger partial charge in [0, 0.05) is 49.2 Å². The molecule has 0 saturated carbocycles. The summed E-state index contributed by atoms with van der Waals surface area (Å²) in [5.41, 5.74) is 3.83. The minimum Gasteiger partial charge on any atom is -0.369 e. The first-order valence-corrected chi connectivity index (χ1v) is 11.8. The van der Waals surface area contributed by atoms with E-state index in [0.717, 1.165) is 56.5 Å². The van der Waals surface area contributed by atoms with Crippen LogP contribution in [0, 0.1) is 6.92 Å². The molecule has 1 saturated heterocycles. The van der Waals surface area contributed by atoms with Gasteiger partial charge in [-0.1, -0.05) is 35.9 Å². The lowest BCUT2D eigenvalue weighted by atomic mass is 10.2. The number of carbonyl (C=O) groups is 1. The fourth-order valence-electron chi connectivity index (χ4n) is 3.48.